The van der Waals surface area contributed by atoms with Crippen LogP contribution in [0.15, 0.2) is 66.2 Å². The molecule has 2 heterocycles. The summed E-state index contributed by atoms with van der Waals surface area (Å²) in [5, 5.41) is 5.01. The third kappa shape index (κ3) is 5.38. The van der Waals surface area contributed by atoms with Gasteiger partial charge in [0.25, 0.3) is 5.91 Å². The zero-order chi connectivity index (χ0) is 23.2. The van der Waals surface area contributed by atoms with Gasteiger partial charge < -0.3 is 10.1 Å². The molecule has 0 radical (unpaired) electrons. The van der Waals surface area contributed by atoms with Crippen molar-refractivity contribution in [2.45, 2.75) is 32.4 Å². The maximum atomic E-state index is 13.7. The third-order valence-corrected chi connectivity index (χ3v) is 5.99. The number of likely N-dealkylation sites (tertiary alicyclic amines) is 1. The Kier molecular flexibility index (Phi) is 6.99. The summed E-state index contributed by atoms with van der Waals surface area (Å²) in [5.41, 5.74) is 2.01. The van der Waals surface area contributed by atoms with Gasteiger partial charge in [0.15, 0.2) is 5.13 Å². The number of carbonyl (C=O) groups excluding carboxylic acids is 3. The first kappa shape index (κ1) is 22.5. The minimum atomic E-state index is -0.665. The molecule has 3 amide bonds. The standard InChI is InChI=1S/C24H24N4O4S/c1-17(29)26-19-9-5-10-20(15-19)28(23-25-12-14-33-23)22(30)21-11-6-13-27(21)24(31)32-16-18-7-3-2-4-8-18/h2-5,7-10,12,14-15,21H,6,11,13,16H2,1H3,(H,26,29). The number of hydrogen-bond donors (Lipinski definition) is 1. The van der Waals surface area contributed by atoms with Gasteiger partial charge in [-0.25, -0.2) is 9.78 Å². The van der Waals surface area contributed by atoms with Gasteiger partial charge in [0.05, 0.1) is 5.69 Å². The summed E-state index contributed by atoms with van der Waals surface area (Å²) >= 11 is 1.32. The predicted octanol–water partition coefficient (Wildman–Crippen LogP) is 4.57. The van der Waals surface area contributed by atoms with E-state index < -0.39 is 12.1 Å². The fraction of sp³-hybridized carbons (Fsp3) is 0.250. The van der Waals surface area contributed by atoms with Gasteiger partial charge in [-0.2, -0.15) is 0 Å². The number of thiazole rings is 1. The number of ether oxygens (including phenoxy) is 1. The zero-order valence-electron chi connectivity index (χ0n) is 18.1. The van der Waals surface area contributed by atoms with Crippen molar-refractivity contribution in [2.24, 2.45) is 0 Å². The molecule has 1 aliphatic rings. The molecule has 1 N–H and O–H groups in total. The van der Waals surface area contributed by atoms with Crippen molar-refractivity contribution in [1.82, 2.24) is 9.88 Å². The van der Waals surface area contributed by atoms with Crippen molar-refractivity contribution in [3.63, 3.8) is 0 Å². The van der Waals surface area contributed by atoms with Crippen molar-refractivity contribution in [1.29, 1.82) is 0 Å². The smallest absolute Gasteiger partial charge is 0.410 e. The van der Waals surface area contributed by atoms with Crippen LogP contribution >= 0.6 is 11.3 Å². The lowest BCUT2D eigenvalue weighted by atomic mass is 10.1. The number of amides is 3. The summed E-state index contributed by atoms with van der Waals surface area (Å²) in [5.74, 6) is -0.471. The number of hydrogen-bond acceptors (Lipinski definition) is 6. The summed E-state index contributed by atoms with van der Waals surface area (Å²) in [6.07, 6.45) is 2.35. The van der Waals surface area contributed by atoms with Gasteiger partial charge in [-0.1, -0.05) is 36.4 Å². The minimum absolute atomic E-state index is 0.145. The highest BCUT2D eigenvalue weighted by Crippen LogP contribution is 2.32. The molecule has 33 heavy (non-hydrogen) atoms. The monoisotopic (exact) mass is 464 g/mol. The molecule has 170 valence electrons. The minimum Gasteiger partial charge on any atom is -0.445 e. The highest BCUT2D eigenvalue weighted by molar-refractivity contribution is 7.13. The normalized spacial score (nSPS) is 15.2. The first-order valence-corrected chi connectivity index (χ1v) is 11.5. The van der Waals surface area contributed by atoms with E-state index in [1.807, 2.05) is 30.3 Å². The van der Waals surface area contributed by atoms with E-state index in [1.165, 1.54) is 28.1 Å². The van der Waals surface area contributed by atoms with Gasteiger partial charge in [-0.05, 0) is 36.6 Å². The van der Waals surface area contributed by atoms with Gasteiger partial charge in [-0.3, -0.25) is 19.4 Å². The number of nitrogens with one attached hydrogen (secondary N) is 1. The molecule has 3 aromatic rings. The van der Waals surface area contributed by atoms with Crippen molar-refractivity contribution in [3.8, 4) is 0 Å². The maximum Gasteiger partial charge on any atom is 0.410 e. The molecule has 2 aromatic carbocycles. The molecular weight excluding hydrogens is 440 g/mol. The van der Waals surface area contributed by atoms with Gasteiger partial charge in [0.2, 0.25) is 5.91 Å². The number of benzene rings is 2. The molecule has 1 aromatic heterocycles. The first-order valence-electron chi connectivity index (χ1n) is 10.6. The van der Waals surface area contributed by atoms with Crippen LogP contribution in [0.2, 0.25) is 0 Å². The second-order valence-electron chi connectivity index (χ2n) is 7.61. The summed E-state index contributed by atoms with van der Waals surface area (Å²) in [6, 6.07) is 15.8. The molecule has 1 saturated heterocycles. The number of nitrogens with zero attached hydrogens (tertiary/aromatic N) is 3. The van der Waals surface area contributed by atoms with E-state index in [9.17, 15) is 14.4 Å². The lowest BCUT2D eigenvalue weighted by Gasteiger charge is -2.28. The SMILES string of the molecule is CC(=O)Nc1cccc(N(C(=O)C2CCCN2C(=O)OCc2ccccc2)c2nccs2)c1. The molecule has 9 heteroatoms. The Morgan fingerprint density at radius 1 is 1.18 bits per heavy atom. The second kappa shape index (κ2) is 10.3. The van der Waals surface area contributed by atoms with E-state index in [-0.39, 0.29) is 18.4 Å². The van der Waals surface area contributed by atoms with Crippen molar-refractivity contribution in [2.75, 3.05) is 16.8 Å². The first-order chi connectivity index (χ1) is 16.0. The van der Waals surface area contributed by atoms with E-state index in [1.54, 1.807) is 35.8 Å². The van der Waals surface area contributed by atoms with Gasteiger partial charge in [-0.15, -0.1) is 11.3 Å². The van der Waals surface area contributed by atoms with Crippen LogP contribution in [0.3, 0.4) is 0 Å². The van der Waals surface area contributed by atoms with E-state index >= 15 is 0 Å². The Morgan fingerprint density at radius 2 is 2.00 bits per heavy atom. The quantitative estimate of drug-likeness (QED) is 0.577. The van der Waals surface area contributed by atoms with Crippen LogP contribution < -0.4 is 10.2 Å². The van der Waals surface area contributed by atoms with Crippen molar-refractivity contribution in [3.05, 3.63) is 71.7 Å². The van der Waals surface area contributed by atoms with Gasteiger partial charge in [0, 0.05) is 30.7 Å². The highest BCUT2D eigenvalue weighted by Gasteiger charge is 2.39. The van der Waals surface area contributed by atoms with Crippen LogP contribution in [-0.4, -0.2) is 40.4 Å². The van der Waals surface area contributed by atoms with Crippen LogP contribution in [0.25, 0.3) is 0 Å². The Morgan fingerprint density at radius 3 is 2.73 bits per heavy atom. The summed E-state index contributed by atoms with van der Waals surface area (Å²) in [4.78, 5) is 45.4. The Balaban J connectivity index is 1.55. The molecular formula is C24H24N4O4S. The van der Waals surface area contributed by atoms with Crippen LogP contribution in [0.5, 0.6) is 0 Å². The summed E-state index contributed by atoms with van der Waals surface area (Å²) < 4.78 is 5.49. The van der Waals surface area contributed by atoms with Gasteiger partial charge in [0.1, 0.15) is 12.6 Å². The van der Waals surface area contributed by atoms with E-state index in [0.29, 0.717) is 35.9 Å². The number of aromatic nitrogens is 1. The van der Waals surface area contributed by atoms with Gasteiger partial charge >= 0.3 is 6.09 Å². The summed E-state index contributed by atoms with van der Waals surface area (Å²) in [6.45, 7) is 2.02. The number of carbonyl (C=O) groups is 3. The molecule has 4 rings (SSSR count). The Bertz CT molecular complexity index is 1120. The average Bonchev–Trinajstić information content (AvgIpc) is 3.51. The zero-order valence-corrected chi connectivity index (χ0v) is 19.0. The van der Waals surface area contributed by atoms with Crippen LogP contribution in [0.4, 0.5) is 21.3 Å². The topological polar surface area (TPSA) is 91.8 Å². The Labute approximate surface area is 195 Å². The molecule has 1 fully saturated rings. The van der Waals surface area contributed by atoms with E-state index in [0.717, 1.165) is 5.56 Å². The molecule has 8 nitrogen and oxygen atoms in total. The molecule has 0 spiro atoms. The molecule has 1 aliphatic heterocycles. The van der Waals surface area contributed by atoms with Crippen LogP contribution in [0.1, 0.15) is 25.3 Å². The van der Waals surface area contributed by atoms with Crippen LogP contribution in [-0.2, 0) is 20.9 Å². The fourth-order valence-electron chi connectivity index (χ4n) is 3.78. The predicted molar refractivity (Wildman–Crippen MR) is 126 cm³/mol. The largest absolute Gasteiger partial charge is 0.445 e. The van der Waals surface area contributed by atoms with Crippen molar-refractivity contribution >= 4 is 45.8 Å². The highest BCUT2D eigenvalue weighted by atomic mass is 32.1. The average molecular weight is 465 g/mol. The molecule has 1 atom stereocenters. The molecule has 0 aliphatic carbocycles. The molecule has 0 saturated carbocycles. The second-order valence-corrected chi connectivity index (χ2v) is 8.48. The maximum absolute atomic E-state index is 13.7. The number of anilines is 3. The fourth-order valence-corrected chi connectivity index (χ4v) is 4.44. The van der Waals surface area contributed by atoms with E-state index in [2.05, 4.69) is 10.3 Å². The lowest BCUT2D eigenvalue weighted by Crippen LogP contribution is -2.46. The number of rotatable bonds is 6. The lowest BCUT2D eigenvalue weighted by molar-refractivity contribution is -0.121. The Hall–Kier alpha value is -3.72. The molecule has 0 bridgehead atoms. The van der Waals surface area contributed by atoms with Crippen LogP contribution in [0, 0.1) is 0 Å². The molecule has 1 unspecified atom stereocenters. The summed E-state index contributed by atoms with van der Waals surface area (Å²) in [7, 11) is 0. The van der Waals surface area contributed by atoms with Crippen molar-refractivity contribution < 1.29 is 19.1 Å². The third-order valence-electron chi connectivity index (χ3n) is 5.23. The van der Waals surface area contributed by atoms with E-state index in [4.69, 9.17) is 4.74 Å².